The zero-order chi connectivity index (χ0) is 36.4. The van der Waals surface area contributed by atoms with Crippen LogP contribution < -0.4 is 10.1 Å². The summed E-state index contributed by atoms with van der Waals surface area (Å²) in [6, 6.07) is 1.97. The van der Waals surface area contributed by atoms with Crippen LogP contribution in [0.4, 0.5) is 4.79 Å². The van der Waals surface area contributed by atoms with Gasteiger partial charge < -0.3 is 29.3 Å². The Balaban J connectivity index is 1.40. The fraction of sp³-hybridized carbons (Fsp3) is 0.684. The molecular weight excluding hydrogens is 642 g/mol. The van der Waals surface area contributed by atoms with Crippen LogP contribution in [0.5, 0.6) is 5.75 Å². The van der Waals surface area contributed by atoms with Gasteiger partial charge in [-0.15, -0.1) is 0 Å². The number of nitrogens with zero attached hydrogens (tertiary/aromatic N) is 2. The third-order valence-electron chi connectivity index (χ3n) is 10.3. The molecule has 3 heterocycles. The van der Waals surface area contributed by atoms with E-state index in [0.29, 0.717) is 44.6 Å². The average Bonchev–Trinajstić information content (AvgIpc) is 3.40. The van der Waals surface area contributed by atoms with E-state index in [4.69, 9.17) is 19.0 Å². The van der Waals surface area contributed by atoms with Crippen molar-refractivity contribution in [3.63, 3.8) is 0 Å². The first-order chi connectivity index (χ1) is 23.6. The van der Waals surface area contributed by atoms with Crippen molar-refractivity contribution >= 4 is 35.1 Å². The van der Waals surface area contributed by atoms with Gasteiger partial charge in [-0.1, -0.05) is 39.3 Å². The molecule has 3 aliphatic heterocycles. The first kappa shape index (κ1) is 37.5. The molecular formula is C38H53N3O9. The second kappa shape index (κ2) is 15.2. The molecule has 1 N–H and O–H groups in total. The van der Waals surface area contributed by atoms with Crippen LogP contribution in [-0.2, 0) is 33.5 Å². The predicted octanol–water partition coefficient (Wildman–Crippen LogP) is 5.02. The van der Waals surface area contributed by atoms with Crippen molar-refractivity contribution in [3.05, 3.63) is 28.8 Å². The van der Waals surface area contributed by atoms with Gasteiger partial charge in [-0.05, 0) is 67.7 Å². The van der Waals surface area contributed by atoms with Crippen LogP contribution in [0.1, 0.15) is 102 Å². The minimum atomic E-state index is -1.04. The summed E-state index contributed by atoms with van der Waals surface area (Å²) in [4.78, 5) is 75.7. The molecule has 1 aromatic carbocycles. The van der Waals surface area contributed by atoms with Crippen molar-refractivity contribution in [1.82, 2.24) is 10.2 Å². The fourth-order valence-electron chi connectivity index (χ4n) is 7.47. The van der Waals surface area contributed by atoms with E-state index >= 15 is 0 Å². The fourth-order valence-corrected chi connectivity index (χ4v) is 7.47. The number of Topliss-reactive ketones (excluding diaryl/α,β-unsaturated/α-hetero) is 3. The van der Waals surface area contributed by atoms with Crippen LogP contribution in [0.2, 0.25) is 0 Å². The molecule has 0 aromatic heterocycles. The second-order valence-corrected chi connectivity index (χ2v) is 15.7. The Labute approximate surface area is 295 Å². The van der Waals surface area contributed by atoms with Gasteiger partial charge in [-0.25, -0.2) is 4.79 Å². The number of rotatable bonds is 14. The number of alkyl carbamates (subject to hydrolysis) is 1. The Morgan fingerprint density at radius 3 is 2.38 bits per heavy atom. The molecule has 5 atom stereocenters. The number of hydrogen-bond acceptors (Lipinski definition) is 10. The molecule has 4 aliphatic rings. The summed E-state index contributed by atoms with van der Waals surface area (Å²) >= 11 is 0. The van der Waals surface area contributed by atoms with E-state index in [0.717, 1.165) is 35.3 Å². The number of carbonyl (C=O) groups excluding carboxylic acids is 5. The lowest BCUT2D eigenvalue weighted by Gasteiger charge is -2.35. The maximum atomic E-state index is 14.6. The number of carbonyl (C=O) groups is 5. The molecule has 0 bridgehead atoms. The number of benzene rings is 1. The Bertz CT molecular complexity index is 1500. The van der Waals surface area contributed by atoms with Crippen LogP contribution in [0.3, 0.4) is 0 Å². The summed E-state index contributed by atoms with van der Waals surface area (Å²) in [5.74, 6) is -1.39. The van der Waals surface area contributed by atoms with Gasteiger partial charge in [0.25, 0.3) is 0 Å². The van der Waals surface area contributed by atoms with Crippen molar-refractivity contribution in [1.29, 1.82) is 0 Å². The lowest BCUT2D eigenvalue weighted by Crippen LogP contribution is -2.57. The number of aryl methyl sites for hydroxylation is 2. The van der Waals surface area contributed by atoms with E-state index in [1.54, 1.807) is 7.11 Å². The normalized spacial score (nSPS) is 24.4. The predicted molar refractivity (Wildman–Crippen MR) is 185 cm³/mol. The summed E-state index contributed by atoms with van der Waals surface area (Å²) in [6.07, 6.45) is 2.92. The number of nitrogens with one attached hydrogen (secondary N) is 1. The number of amides is 2. The molecule has 274 valence electrons. The number of oxime groups is 1. The Morgan fingerprint density at radius 2 is 1.80 bits per heavy atom. The van der Waals surface area contributed by atoms with Gasteiger partial charge in [0, 0.05) is 43.6 Å². The zero-order valence-electron chi connectivity index (χ0n) is 30.6. The molecule has 2 amide bonds. The van der Waals surface area contributed by atoms with Gasteiger partial charge in [-0.2, -0.15) is 0 Å². The molecule has 0 radical (unpaired) electrons. The lowest BCUT2D eigenvalue weighted by atomic mass is 9.84. The SMILES string of the molecule is CCC[C@H](CC(=O)[C@@H]1C[C@]2(CC(c3cc(C)c(OC)c(C)c3)=NO2)CN1C(=O)[C@@H](NC(=O)O[C@H]1CCOC1)C(C)(C)C)C(=O)C(=O)CC1CC1. The molecule has 1 saturated carbocycles. The smallest absolute Gasteiger partial charge is 0.408 e. The third-order valence-corrected chi connectivity index (χ3v) is 10.3. The Kier molecular flexibility index (Phi) is 11.4. The maximum absolute atomic E-state index is 14.6. The number of ketones is 3. The largest absolute Gasteiger partial charge is 0.496 e. The van der Waals surface area contributed by atoms with E-state index in [1.165, 1.54) is 4.90 Å². The van der Waals surface area contributed by atoms with E-state index in [-0.39, 0.29) is 37.5 Å². The Hall–Kier alpha value is -3.80. The number of methoxy groups -OCH3 is 1. The maximum Gasteiger partial charge on any atom is 0.408 e. The van der Waals surface area contributed by atoms with Crippen LogP contribution in [0.25, 0.3) is 0 Å². The third kappa shape index (κ3) is 8.55. The molecule has 50 heavy (non-hydrogen) atoms. The van der Waals surface area contributed by atoms with Crippen molar-refractivity contribution in [2.75, 3.05) is 26.9 Å². The van der Waals surface area contributed by atoms with Gasteiger partial charge in [0.1, 0.15) is 17.9 Å². The minimum Gasteiger partial charge on any atom is -0.496 e. The van der Waals surface area contributed by atoms with Crippen LogP contribution in [-0.4, -0.2) is 90.6 Å². The van der Waals surface area contributed by atoms with Gasteiger partial charge in [0.15, 0.2) is 17.2 Å². The molecule has 2 saturated heterocycles. The standard InChI is InChI=1S/C38H53N3O9/c1-8-9-25(32(44)31(43)16-24-10-11-24)17-30(42)29-19-38(18-28(40-50-38)26-14-22(2)33(47-7)23(3)15-26)21-41(29)35(45)34(37(4,5)6)39-36(46)49-27-12-13-48-20-27/h14-15,24-25,27,29,34H,8-13,16-21H2,1-7H3,(H,39,46)/t25-,27+,29+,34-,38-/m1/s1. The van der Waals surface area contributed by atoms with Crippen molar-refractivity contribution < 1.29 is 43.0 Å². The van der Waals surface area contributed by atoms with Gasteiger partial charge >= 0.3 is 6.09 Å². The number of ether oxygens (including phenoxy) is 3. The van der Waals surface area contributed by atoms with E-state index in [9.17, 15) is 24.0 Å². The summed E-state index contributed by atoms with van der Waals surface area (Å²) < 4.78 is 16.4. The highest BCUT2D eigenvalue weighted by atomic mass is 16.7. The van der Waals surface area contributed by atoms with Crippen LogP contribution >= 0.6 is 0 Å². The first-order valence-corrected chi connectivity index (χ1v) is 18.0. The Morgan fingerprint density at radius 1 is 1.10 bits per heavy atom. The first-order valence-electron chi connectivity index (χ1n) is 18.0. The summed E-state index contributed by atoms with van der Waals surface area (Å²) in [5, 5.41) is 7.24. The van der Waals surface area contributed by atoms with Gasteiger partial charge in [0.05, 0.1) is 38.6 Å². The van der Waals surface area contributed by atoms with Crippen LogP contribution in [0, 0.1) is 31.1 Å². The van der Waals surface area contributed by atoms with Crippen molar-refractivity contribution in [2.24, 2.45) is 22.4 Å². The van der Waals surface area contributed by atoms with Gasteiger partial charge in [-0.3, -0.25) is 19.2 Å². The number of likely N-dealkylation sites (tertiary alicyclic amines) is 1. The highest BCUT2D eigenvalue weighted by Crippen LogP contribution is 2.42. The monoisotopic (exact) mass is 695 g/mol. The molecule has 3 fully saturated rings. The summed E-state index contributed by atoms with van der Waals surface area (Å²) in [6.45, 7) is 12.2. The molecule has 1 aliphatic carbocycles. The highest BCUT2D eigenvalue weighted by Gasteiger charge is 2.55. The lowest BCUT2D eigenvalue weighted by molar-refractivity contribution is -0.143. The van der Waals surface area contributed by atoms with Crippen molar-refractivity contribution in [2.45, 2.75) is 123 Å². The summed E-state index contributed by atoms with van der Waals surface area (Å²) in [7, 11) is 1.63. The molecule has 0 unspecified atom stereocenters. The highest BCUT2D eigenvalue weighted by molar-refractivity contribution is 6.38. The quantitative estimate of drug-likeness (QED) is 0.265. The van der Waals surface area contributed by atoms with E-state index in [1.807, 2.05) is 53.7 Å². The van der Waals surface area contributed by atoms with Gasteiger partial charge in [0.2, 0.25) is 11.7 Å². The average molecular weight is 696 g/mol. The van der Waals surface area contributed by atoms with Crippen LogP contribution in [0.15, 0.2) is 17.3 Å². The molecule has 1 spiro atoms. The number of hydrogen-bond donors (Lipinski definition) is 1. The summed E-state index contributed by atoms with van der Waals surface area (Å²) in [5.41, 5.74) is 1.69. The molecule has 12 nitrogen and oxygen atoms in total. The topological polar surface area (TPSA) is 150 Å². The van der Waals surface area contributed by atoms with E-state index < -0.39 is 58.7 Å². The van der Waals surface area contributed by atoms with E-state index in [2.05, 4.69) is 10.5 Å². The second-order valence-electron chi connectivity index (χ2n) is 15.7. The zero-order valence-corrected chi connectivity index (χ0v) is 30.6. The molecule has 12 heteroatoms. The molecule has 1 aromatic rings. The molecule has 5 rings (SSSR count). The van der Waals surface area contributed by atoms with Crippen molar-refractivity contribution in [3.8, 4) is 5.75 Å². The minimum absolute atomic E-state index is 0.0517.